The van der Waals surface area contributed by atoms with E-state index in [0.717, 1.165) is 13.1 Å². The molecule has 1 N–H and O–H groups in total. The predicted molar refractivity (Wildman–Crippen MR) is 52.6 cm³/mol. The van der Waals surface area contributed by atoms with Crippen LogP contribution in [-0.2, 0) is 4.74 Å². The van der Waals surface area contributed by atoms with Gasteiger partial charge in [0.15, 0.2) is 0 Å². The summed E-state index contributed by atoms with van der Waals surface area (Å²) in [5.41, 5.74) is 3.07. The number of hydrogen-bond acceptors (Lipinski definition) is 3. The molecule has 4 heteroatoms. The SMILES string of the molecule is CC(C)(C)OC(=O)N1CC2(CC2)CN1. The zero-order chi connectivity index (χ0) is 10.4. The lowest BCUT2D eigenvalue weighted by molar-refractivity contribution is 0.0204. The normalized spacial score (nSPS) is 24.1. The molecule has 0 atom stereocenters. The van der Waals surface area contributed by atoms with Crippen LogP contribution in [0.25, 0.3) is 0 Å². The zero-order valence-electron chi connectivity index (χ0n) is 9.09. The highest BCUT2D eigenvalue weighted by atomic mass is 16.6. The number of carbonyl (C=O) groups excluding carboxylic acids is 1. The van der Waals surface area contributed by atoms with Crippen LogP contribution in [-0.4, -0.2) is 29.8 Å². The number of amides is 1. The first-order valence-electron chi connectivity index (χ1n) is 5.14. The largest absolute Gasteiger partial charge is 0.443 e. The first-order chi connectivity index (χ1) is 6.40. The van der Waals surface area contributed by atoms with Crippen LogP contribution in [0, 0.1) is 5.41 Å². The second kappa shape index (κ2) is 2.86. The molecule has 2 fully saturated rings. The molecular formula is C10H18N2O2. The van der Waals surface area contributed by atoms with Crippen molar-refractivity contribution in [2.45, 2.75) is 39.2 Å². The quantitative estimate of drug-likeness (QED) is 0.641. The lowest BCUT2D eigenvalue weighted by atomic mass is 10.1. The minimum atomic E-state index is -0.405. The average Bonchev–Trinajstić information content (AvgIpc) is 2.57. The van der Waals surface area contributed by atoms with E-state index in [0.29, 0.717) is 5.41 Å². The van der Waals surface area contributed by atoms with Crippen molar-refractivity contribution < 1.29 is 9.53 Å². The number of rotatable bonds is 0. The standard InChI is InChI=1S/C10H18N2O2/c1-9(2,3)14-8(13)12-7-10(4-5-10)6-11-12/h11H,4-7H2,1-3H3. The van der Waals surface area contributed by atoms with Crippen molar-refractivity contribution in [2.75, 3.05) is 13.1 Å². The molecule has 0 aromatic carbocycles. The summed E-state index contributed by atoms with van der Waals surface area (Å²) in [7, 11) is 0. The molecule has 1 saturated heterocycles. The van der Waals surface area contributed by atoms with Gasteiger partial charge < -0.3 is 4.74 Å². The Kier molecular flexibility index (Phi) is 2.00. The van der Waals surface area contributed by atoms with Gasteiger partial charge in [-0.05, 0) is 33.6 Å². The van der Waals surface area contributed by atoms with Gasteiger partial charge in [0, 0.05) is 18.5 Å². The third-order valence-electron chi connectivity index (χ3n) is 2.71. The first kappa shape index (κ1) is 9.77. The van der Waals surface area contributed by atoms with Crippen molar-refractivity contribution >= 4 is 6.09 Å². The summed E-state index contributed by atoms with van der Waals surface area (Å²) < 4.78 is 5.27. The van der Waals surface area contributed by atoms with Crippen LogP contribution in [0.2, 0.25) is 0 Å². The van der Waals surface area contributed by atoms with Crippen molar-refractivity contribution in [3.8, 4) is 0 Å². The lowest BCUT2D eigenvalue weighted by Crippen LogP contribution is -2.41. The second-order valence-corrected chi connectivity index (χ2v) is 5.40. The predicted octanol–water partition coefficient (Wildman–Crippen LogP) is 1.52. The van der Waals surface area contributed by atoms with E-state index in [4.69, 9.17) is 4.74 Å². The van der Waals surface area contributed by atoms with Gasteiger partial charge in [0.2, 0.25) is 0 Å². The van der Waals surface area contributed by atoms with Gasteiger partial charge in [0.05, 0.1) is 0 Å². The van der Waals surface area contributed by atoms with Crippen LogP contribution in [0.3, 0.4) is 0 Å². The first-order valence-corrected chi connectivity index (χ1v) is 5.14. The lowest BCUT2D eigenvalue weighted by Gasteiger charge is -2.24. The molecule has 1 saturated carbocycles. The maximum Gasteiger partial charge on any atom is 0.424 e. The van der Waals surface area contributed by atoms with Crippen LogP contribution in [0.5, 0.6) is 0 Å². The topological polar surface area (TPSA) is 41.6 Å². The zero-order valence-corrected chi connectivity index (χ0v) is 9.09. The van der Waals surface area contributed by atoms with Crippen LogP contribution >= 0.6 is 0 Å². The van der Waals surface area contributed by atoms with E-state index in [2.05, 4.69) is 5.43 Å². The summed E-state index contributed by atoms with van der Waals surface area (Å²) in [6.45, 7) is 7.38. The molecule has 4 nitrogen and oxygen atoms in total. The van der Waals surface area contributed by atoms with Crippen LogP contribution in [0.15, 0.2) is 0 Å². The third-order valence-corrected chi connectivity index (χ3v) is 2.71. The van der Waals surface area contributed by atoms with Gasteiger partial charge in [-0.25, -0.2) is 15.2 Å². The van der Waals surface area contributed by atoms with Crippen LogP contribution in [0.4, 0.5) is 4.79 Å². The number of hydrazine groups is 1. The Hall–Kier alpha value is -0.770. The molecule has 0 radical (unpaired) electrons. The fourth-order valence-corrected chi connectivity index (χ4v) is 1.67. The Balaban J connectivity index is 1.87. The Bertz CT molecular complexity index is 253. The van der Waals surface area contributed by atoms with E-state index in [-0.39, 0.29) is 6.09 Å². The molecule has 1 aliphatic heterocycles. The molecule has 1 aliphatic carbocycles. The minimum absolute atomic E-state index is 0.249. The fourth-order valence-electron chi connectivity index (χ4n) is 1.67. The van der Waals surface area contributed by atoms with Gasteiger partial charge in [-0.3, -0.25) is 0 Å². The summed E-state index contributed by atoms with van der Waals surface area (Å²) in [6.07, 6.45) is 2.22. The van der Waals surface area contributed by atoms with E-state index in [1.165, 1.54) is 12.8 Å². The van der Waals surface area contributed by atoms with Gasteiger partial charge in [0.1, 0.15) is 5.60 Å². The Morgan fingerprint density at radius 2 is 2.07 bits per heavy atom. The number of hydrogen-bond donors (Lipinski definition) is 1. The van der Waals surface area contributed by atoms with Crippen molar-refractivity contribution in [1.29, 1.82) is 0 Å². The summed E-state index contributed by atoms with van der Waals surface area (Å²) in [5.74, 6) is 0. The number of nitrogens with one attached hydrogen (secondary N) is 1. The molecule has 0 aromatic heterocycles. The highest BCUT2D eigenvalue weighted by Gasteiger charge is 2.49. The van der Waals surface area contributed by atoms with E-state index in [1.54, 1.807) is 5.01 Å². The van der Waals surface area contributed by atoms with Crippen molar-refractivity contribution in [1.82, 2.24) is 10.4 Å². The molecule has 80 valence electrons. The Morgan fingerprint density at radius 3 is 2.50 bits per heavy atom. The molecule has 0 aromatic rings. The Labute approximate surface area is 84.6 Å². The highest BCUT2D eigenvalue weighted by molar-refractivity contribution is 5.68. The van der Waals surface area contributed by atoms with Gasteiger partial charge in [-0.1, -0.05) is 0 Å². The van der Waals surface area contributed by atoms with Gasteiger partial charge in [-0.2, -0.15) is 0 Å². The number of carbonyl (C=O) groups is 1. The fraction of sp³-hybridized carbons (Fsp3) is 0.900. The minimum Gasteiger partial charge on any atom is -0.443 e. The van der Waals surface area contributed by atoms with E-state index in [1.807, 2.05) is 20.8 Å². The van der Waals surface area contributed by atoms with Crippen molar-refractivity contribution in [2.24, 2.45) is 5.41 Å². The van der Waals surface area contributed by atoms with Crippen LogP contribution in [0.1, 0.15) is 33.6 Å². The van der Waals surface area contributed by atoms with Gasteiger partial charge in [0.25, 0.3) is 0 Å². The summed E-state index contributed by atoms with van der Waals surface area (Å²) in [6, 6.07) is 0. The van der Waals surface area contributed by atoms with E-state index >= 15 is 0 Å². The Morgan fingerprint density at radius 1 is 1.43 bits per heavy atom. The summed E-state index contributed by atoms with van der Waals surface area (Å²) in [5, 5.41) is 1.61. The number of nitrogens with zero attached hydrogens (tertiary/aromatic N) is 1. The van der Waals surface area contributed by atoms with E-state index < -0.39 is 5.60 Å². The molecule has 14 heavy (non-hydrogen) atoms. The van der Waals surface area contributed by atoms with Gasteiger partial charge >= 0.3 is 6.09 Å². The molecule has 1 heterocycles. The molecular weight excluding hydrogens is 180 g/mol. The molecule has 1 amide bonds. The third kappa shape index (κ3) is 2.00. The molecule has 0 unspecified atom stereocenters. The van der Waals surface area contributed by atoms with Crippen molar-refractivity contribution in [3.05, 3.63) is 0 Å². The smallest absolute Gasteiger partial charge is 0.424 e. The molecule has 2 aliphatic rings. The van der Waals surface area contributed by atoms with Crippen LogP contribution < -0.4 is 5.43 Å². The van der Waals surface area contributed by atoms with Gasteiger partial charge in [-0.15, -0.1) is 0 Å². The molecule has 0 bridgehead atoms. The average molecular weight is 198 g/mol. The van der Waals surface area contributed by atoms with E-state index in [9.17, 15) is 4.79 Å². The second-order valence-electron chi connectivity index (χ2n) is 5.40. The number of ether oxygens (including phenoxy) is 1. The summed E-state index contributed by atoms with van der Waals surface area (Å²) in [4.78, 5) is 11.6. The molecule has 2 rings (SSSR count). The molecule has 1 spiro atoms. The van der Waals surface area contributed by atoms with Crippen molar-refractivity contribution in [3.63, 3.8) is 0 Å². The summed E-state index contributed by atoms with van der Waals surface area (Å²) >= 11 is 0. The highest BCUT2D eigenvalue weighted by Crippen LogP contribution is 2.47. The monoisotopic (exact) mass is 198 g/mol. The maximum absolute atomic E-state index is 11.6. The maximum atomic E-state index is 11.6.